The average Bonchev–Trinajstić information content (AvgIpc) is 1.51. The molecule has 810 valence electrons. The lowest BCUT2D eigenvalue weighted by molar-refractivity contribution is -0.129. The predicted octanol–water partition coefficient (Wildman–Crippen LogP) is 13.5. The number of aromatic nitrogens is 7. The molecule has 5 N–H and O–H groups in total. The molecule has 32 heteroatoms. The summed E-state index contributed by atoms with van der Waals surface area (Å²) in [7, 11) is 20.5. The van der Waals surface area contributed by atoms with E-state index >= 15 is 0 Å². The van der Waals surface area contributed by atoms with Crippen molar-refractivity contribution >= 4 is 45.8 Å². The monoisotopic (exact) mass is 2020 g/mol. The highest BCUT2D eigenvalue weighted by atomic mass is 16.5. The van der Waals surface area contributed by atoms with Crippen molar-refractivity contribution in [2.24, 2.45) is 0 Å². The van der Waals surface area contributed by atoms with Gasteiger partial charge in [-0.2, -0.15) is 0 Å². The third kappa shape index (κ3) is 37.3. The third-order valence-corrected chi connectivity index (χ3v) is 27.3. The molecule has 8 fully saturated rings. The van der Waals surface area contributed by atoms with E-state index in [0.29, 0.717) is 107 Å². The van der Waals surface area contributed by atoms with Crippen molar-refractivity contribution in [1.82, 2.24) is 64.3 Å². The van der Waals surface area contributed by atoms with E-state index in [1.54, 1.807) is 4.90 Å². The summed E-state index contributed by atoms with van der Waals surface area (Å²) in [5.74, 6) is 4.96. The number of hydrogen-bond acceptors (Lipinski definition) is 31. The minimum absolute atomic E-state index is 0.0754. The Morgan fingerprint density at radius 3 is 0.945 bits per heavy atom. The van der Waals surface area contributed by atoms with Gasteiger partial charge in [-0.3, -0.25) is 34.7 Å². The van der Waals surface area contributed by atoms with Gasteiger partial charge in [0, 0.05) is 196 Å². The van der Waals surface area contributed by atoms with Crippen LogP contribution in [0.1, 0.15) is 260 Å². The highest BCUT2D eigenvalue weighted by Gasteiger charge is 2.38. The maximum Gasteiger partial charge on any atom is 0.241 e. The van der Waals surface area contributed by atoms with E-state index in [2.05, 4.69) is 300 Å². The quantitative estimate of drug-likeness (QED) is 0.0304. The zero-order valence-corrected chi connectivity index (χ0v) is 94.2. The largest absolute Gasteiger partial charge is 0.394 e. The molecule has 0 bridgehead atoms. The molecule has 32 nitrogen and oxygen atoms in total. The molecule has 0 aliphatic carbocycles. The molecule has 0 radical (unpaired) electrons. The normalized spacial score (nSPS) is 20.1. The van der Waals surface area contributed by atoms with Gasteiger partial charge in [-0.25, -0.2) is 4.98 Å². The number of hydrogen-bond donors (Lipinski definition) is 5. The Hall–Kier alpha value is -8.52. The Morgan fingerprint density at radius 1 is 0.352 bits per heavy atom. The summed E-state index contributed by atoms with van der Waals surface area (Å²) in [6.07, 6.45) is 4.24. The van der Waals surface area contributed by atoms with Crippen LogP contribution in [0.2, 0.25) is 0 Å². The van der Waals surface area contributed by atoms with Crippen molar-refractivity contribution in [1.29, 1.82) is 0 Å². The van der Waals surface area contributed by atoms with Crippen LogP contribution in [-0.2, 0) is 59.4 Å². The van der Waals surface area contributed by atoms with Crippen LogP contribution in [0, 0.1) is 0 Å². The van der Waals surface area contributed by atoms with Gasteiger partial charge < -0.3 is 118 Å². The molecule has 145 heavy (non-hydrogen) atoms. The smallest absolute Gasteiger partial charge is 0.241 e. The van der Waals surface area contributed by atoms with E-state index in [0.717, 1.165) is 222 Å². The van der Waals surface area contributed by atoms with Crippen LogP contribution >= 0.6 is 0 Å². The molecular formula is C113H186N20O12. The summed E-state index contributed by atoms with van der Waals surface area (Å²) in [5.41, 5.74) is 17.9. The van der Waals surface area contributed by atoms with Crippen LogP contribution in [0.3, 0.4) is 0 Å². The number of nitrogens with zero attached hydrogens (tertiary/aromatic N) is 20. The molecule has 7 aromatic heterocycles. The number of piperazine rings is 2. The van der Waals surface area contributed by atoms with E-state index in [1.165, 1.54) is 17.1 Å². The Morgan fingerprint density at radius 2 is 0.655 bits per heavy atom. The van der Waals surface area contributed by atoms with E-state index < -0.39 is 16.8 Å². The van der Waals surface area contributed by atoms with E-state index in [-0.39, 0.29) is 49.6 Å². The lowest BCUT2D eigenvalue weighted by Gasteiger charge is -2.40. The number of rotatable bonds is 28. The van der Waals surface area contributed by atoms with Gasteiger partial charge in [-0.1, -0.05) is 103 Å². The van der Waals surface area contributed by atoms with Crippen molar-refractivity contribution in [2.75, 3.05) is 275 Å². The summed E-state index contributed by atoms with van der Waals surface area (Å²) in [5, 5.41) is 49.0. The third-order valence-electron chi connectivity index (χ3n) is 27.3. The maximum atomic E-state index is 11.9. The number of pyridine rings is 7. The zero-order valence-electron chi connectivity index (χ0n) is 94.2. The molecule has 8 aliphatic rings. The lowest BCUT2D eigenvalue weighted by Crippen LogP contribution is -2.52. The van der Waals surface area contributed by atoms with Crippen molar-refractivity contribution < 1.29 is 58.7 Å². The molecule has 8 aliphatic heterocycles. The first-order valence-electron chi connectivity index (χ1n) is 53.2. The Kier molecular flexibility index (Phi) is 47.1. The van der Waals surface area contributed by atoms with Crippen LogP contribution in [-0.4, -0.2) is 384 Å². The fourth-order valence-electron chi connectivity index (χ4n) is 18.1. The first-order chi connectivity index (χ1) is 68.5. The molecule has 6 atom stereocenters. The number of anilines is 7. The first kappa shape index (κ1) is 120. The second kappa shape index (κ2) is 56.9. The number of aliphatic hydroxyl groups is 5. The molecule has 0 aromatic carbocycles. The van der Waals surface area contributed by atoms with Crippen LogP contribution in [0.15, 0.2) is 97.3 Å². The standard InChI is InChI=1S/3C18H31N3O2.C17H27N3O.C16H26N4O.2C13H20N2O2/c3*1-13(2)14-7-8-16(15(19-14)11-20(5)6)21-9-10-23-17(12-21)18(3,4)22;1-13(2)16-5-4-15(14-6-11-21-12-14)17(18-16)20-9-7-19(3)8-10-20;1-12(2)13-6-7-15(14(17-13)10-18(3)4)20-9-8-19(5)16(21)11-20;2*1-10(2)13-4-3-11(7-14-13)15-5-6-17-12(8-15)9-16/h3*7-8,13,17,22H,9-12H2,1-6H3;4-5,13-14H,6-12H2,1-3H3;6-7,12H,8-11H2,1-5H3;2*3-4,7,10,12,16H,5-6,8-9H2,1-2H3/t2*17-;;;;2*12-/m10...10/s1. The van der Waals surface area contributed by atoms with Crippen molar-refractivity contribution in [2.45, 2.75) is 266 Å². The van der Waals surface area contributed by atoms with E-state index in [9.17, 15) is 20.1 Å². The number of aliphatic hydroxyl groups excluding tert-OH is 2. The fraction of sp³-hybridized carbons (Fsp3) is 0.681. The molecule has 0 saturated carbocycles. The Balaban J connectivity index is 0.000000189. The molecule has 15 heterocycles. The molecular weight excluding hydrogens is 1830 g/mol. The summed E-state index contributed by atoms with van der Waals surface area (Å²) < 4.78 is 33.7. The molecule has 0 spiro atoms. The minimum atomic E-state index is -0.842. The topological polar surface area (TPSA) is 306 Å². The van der Waals surface area contributed by atoms with Gasteiger partial charge in [0.2, 0.25) is 5.91 Å². The van der Waals surface area contributed by atoms with Gasteiger partial charge in [-0.05, 0) is 232 Å². The maximum absolute atomic E-state index is 11.9. The van der Waals surface area contributed by atoms with Crippen molar-refractivity contribution in [3.8, 4) is 0 Å². The van der Waals surface area contributed by atoms with Crippen molar-refractivity contribution in [3.63, 3.8) is 0 Å². The number of amides is 1. The second-order valence-corrected chi connectivity index (χ2v) is 45.1. The number of likely N-dealkylation sites (N-methyl/N-ethyl adjacent to an activating group) is 2. The lowest BCUT2D eigenvalue weighted by atomic mass is 9.97. The number of morpholine rings is 5. The SMILES string of the molecule is CC(C)c1ccc(C2CCOC2)c(N2CCN(C)CC2)n1.CC(C)c1ccc(N2CCN(C)C(=O)C2)c(CN(C)C)n1.CC(C)c1ccc(N2CCOC(C(C)(C)O)C2)c(CN(C)C)n1.CC(C)c1ccc(N2CCO[C@@H](C(C)(C)O)C2)c(CN(C)C)n1.CC(C)c1ccc(N2CCO[C@@H](CO)C2)cn1.CC(C)c1ccc(N2CCO[C@H](C(C)(C)O)C2)c(CN(C)C)n1.CC(C)c1ccc(N2CCO[C@H](CO)C2)cn1. The second-order valence-electron chi connectivity index (χ2n) is 45.1. The van der Waals surface area contributed by atoms with Gasteiger partial charge in [0.05, 0.1) is 158 Å². The first-order valence-corrected chi connectivity index (χ1v) is 53.2. The molecule has 15 rings (SSSR count). The van der Waals surface area contributed by atoms with Gasteiger partial charge in [0.1, 0.15) is 24.1 Å². The van der Waals surface area contributed by atoms with Crippen molar-refractivity contribution in [3.05, 3.63) is 166 Å². The highest BCUT2D eigenvalue weighted by Crippen LogP contribution is 2.37. The highest BCUT2D eigenvalue weighted by molar-refractivity contribution is 5.83. The van der Waals surface area contributed by atoms with E-state index in [4.69, 9.17) is 63.6 Å². The molecule has 7 aromatic rings. The average molecular weight is 2020 g/mol. The van der Waals surface area contributed by atoms with Gasteiger partial charge in [-0.15, -0.1) is 0 Å². The van der Waals surface area contributed by atoms with Crippen LogP contribution < -0.4 is 34.3 Å². The van der Waals surface area contributed by atoms with Crippen LogP contribution in [0.25, 0.3) is 0 Å². The predicted molar refractivity (Wildman–Crippen MR) is 588 cm³/mol. The molecule has 8 saturated heterocycles. The number of carbonyl (C=O) groups excluding carboxylic acids is 1. The van der Waals surface area contributed by atoms with Crippen LogP contribution in [0.5, 0.6) is 0 Å². The van der Waals surface area contributed by atoms with E-state index in [1.807, 2.05) is 75.1 Å². The Bertz CT molecular complexity index is 4680. The van der Waals surface area contributed by atoms with Gasteiger partial charge in [0.15, 0.2) is 0 Å². The summed E-state index contributed by atoms with van der Waals surface area (Å²) in [6.45, 7) is 63.7. The summed E-state index contributed by atoms with van der Waals surface area (Å²) in [4.78, 5) is 74.0. The summed E-state index contributed by atoms with van der Waals surface area (Å²) >= 11 is 0. The Labute approximate surface area is 870 Å². The molecule has 1 amide bonds. The molecule has 2 unspecified atom stereocenters. The number of ether oxygens (including phenoxy) is 6. The van der Waals surface area contributed by atoms with Gasteiger partial charge >= 0.3 is 0 Å². The van der Waals surface area contributed by atoms with Crippen LogP contribution in [0.4, 0.5) is 39.9 Å². The number of carbonyl (C=O) groups is 1. The zero-order chi connectivity index (χ0) is 106. The summed E-state index contributed by atoms with van der Waals surface area (Å²) in [6, 6.07) is 29.9. The fourth-order valence-corrected chi connectivity index (χ4v) is 18.1. The minimum Gasteiger partial charge on any atom is -0.394 e. The van der Waals surface area contributed by atoms with Gasteiger partial charge in [0.25, 0.3) is 0 Å².